The number of nitrogens with zero attached hydrogens (tertiary/aromatic N) is 1. The fourth-order valence-electron chi connectivity index (χ4n) is 1.76. The Balaban J connectivity index is 2.92. The topological polar surface area (TPSA) is 189 Å². The van der Waals surface area contributed by atoms with Crippen LogP contribution in [0.2, 0.25) is 0 Å². The van der Waals surface area contributed by atoms with Gasteiger partial charge in [0.25, 0.3) is 10.4 Å². The van der Waals surface area contributed by atoms with Gasteiger partial charge in [0.2, 0.25) is 0 Å². The van der Waals surface area contributed by atoms with E-state index >= 15 is 0 Å². The minimum Gasteiger partial charge on any atom is -0.714 e. The number of aliphatic hydroxyl groups excluding tert-OH is 5. The highest BCUT2D eigenvalue weighted by Crippen LogP contribution is 2.30. The summed E-state index contributed by atoms with van der Waals surface area (Å²) < 4.78 is 40.4. The molecule has 1 saturated heterocycles. The van der Waals surface area contributed by atoms with E-state index < -0.39 is 53.0 Å². The number of rotatable bonds is 7. The first-order valence-corrected chi connectivity index (χ1v) is 8.79. The van der Waals surface area contributed by atoms with Gasteiger partial charge in [-0.25, -0.2) is 0 Å². The van der Waals surface area contributed by atoms with Crippen molar-refractivity contribution in [2.24, 2.45) is 5.16 Å². The van der Waals surface area contributed by atoms with Crippen molar-refractivity contribution in [3.63, 3.8) is 0 Å². The van der Waals surface area contributed by atoms with Crippen LogP contribution in [0.3, 0.4) is 0 Å². The normalized spacial score (nSPS) is 33.1. The smallest absolute Gasteiger partial charge is 0.284 e. The molecule has 1 aliphatic heterocycles. The Bertz CT molecular complexity index is 551. The van der Waals surface area contributed by atoms with Crippen LogP contribution in [0.25, 0.3) is 0 Å². The van der Waals surface area contributed by atoms with Crippen LogP contribution < -0.4 is 0 Å². The zero-order valence-electron chi connectivity index (χ0n) is 12.2. The quantitative estimate of drug-likeness (QED) is 0.0759. The summed E-state index contributed by atoms with van der Waals surface area (Å²) in [5.74, 6) is 0. The fraction of sp³-hybridized carbons (Fsp3) is 0.727. The van der Waals surface area contributed by atoms with Crippen molar-refractivity contribution in [2.45, 2.75) is 42.4 Å². The molecular formula is C11H18NO10S2-. The van der Waals surface area contributed by atoms with Crippen LogP contribution in [-0.2, 0) is 19.4 Å². The van der Waals surface area contributed by atoms with E-state index in [1.807, 2.05) is 0 Å². The maximum absolute atomic E-state index is 10.5. The number of thioether (sulfide) groups is 1. The van der Waals surface area contributed by atoms with Crippen molar-refractivity contribution < 1.29 is 47.5 Å². The Kier molecular flexibility index (Phi) is 8.04. The molecule has 0 radical (unpaired) electrons. The molecule has 13 heteroatoms. The molecule has 0 amide bonds. The van der Waals surface area contributed by atoms with Gasteiger partial charge in [-0.2, -0.15) is 8.42 Å². The van der Waals surface area contributed by atoms with Gasteiger partial charge >= 0.3 is 0 Å². The molecule has 1 heterocycles. The van der Waals surface area contributed by atoms with Gasteiger partial charge in [0, 0.05) is 6.42 Å². The van der Waals surface area contributed by atoms with Crippen molar-refractivity contribution >= 4 is 27.2 Å². The number of aliphatic hydroxyl groups is 5. The maximum atomic E-state index is 10.5. The summed E-state index contributed by atoms with van der Waals surface area (Å²) in [5, 5.41) is 50.7. The minimum atomic E-state index is -5.14. The molecule has 5 N–H and O–H groups in total. The lowest BCUT2D eigenvalue weighted by molar-refractivity contribution is -0.205. The lowest BCUT2D eigenvalue weighted by atomic mass is 10.0. The highest BCUT2D eigenvalue weighted by molar-refractivity contribution is 8.14. The molecule has 140 valence electrons. The average molecular weight is 388 g/mol. The molecular weight excluding hydrogens is 370 g/mol. The monoisotopic (exact) mass is 388 g/mol. The predicted molar refractivity (Wildman–Crippen MR) is 80.4 cm³/mol. The van der Waals surface area contributed by atoms with Crippen LogP contribution >= 0.6 is 11.8 Å². The van der Waals surface area contributed by atoms with Gasteiger partial charge in [0.1, 0.15) is 34.9 Å². The van der Waals surface area contributed by atoms with Crippen LogP contribution in [0.4, 0.5) is 0 Å². The van der Waals surface area contributed by atoms with Gasteiger partial charge in [-0.05, 0) is 0 Å². The molecule has 1 fully saturated rings. The molecule has 0 bridgehead atoms. The number of hydrogen-bond donors (Lipinski definition) is 5. The van der Waals surface area contributed by atoms with E-state index in [0.29, 0.717) is 11.8 Å². The van der Waals surface area contributed by atoms with Gasteiger partial charge in [-0.15, -0.1) is 6.58 Å². The number of ether oxygens (including phenoxy) is 1. The Morgan fingerprint density at radius 1 is 1.38 bits per heavy atom. The van der Waals surface area contributed by atoms with Crippen LogP contribution in [0.5, 0.6) is 0 Å². The van der Waals surface area contributed by atoms with Crippen molar-refractivity contribution in [3.05, 3.63) is 12.7 Å². The summed E-state index contributed by atoms with van der Waals surface area (Å²) in [6.45, 7) is 2.65. The summed E-state index contributed by atoms with van der Waals surface area (Å²) in [4.78, 5) is 0. The van der Waals surface area contributed by atoms with Gasteiger partial charge < -0.3 is 34.8 Å². The molecule has 0 saturated carbocycles. The Morgan fingerprint density at radius 3 is 2.50 bits per heavy atom. The van der Waals surface area contributed by atoms with Crippen molar-refractivity contribution in [3.8, 4) is 0 Å². The standard InChI is InChI=1S/C11H19NO10S2/c1-2-5(14)3-7(12-22-24(18,19)20)23-11-10(17)9(16)8(15)6(4-13)21-11/h2,5-6,8-11,13-17H,1,3-4H2,(H,18,19,20)/p-1/b12-7+. The molecule has 1 rings (SSSR count). The van der Waals surface area contributed by atoms with Crippen molar-refractivity contribution in [2.75, 3.05) is 6.61 Å². The van der Waals surface area contributed by atoms with E-state index in [1.165, 1.54) is 0 Å². The zero-order chi connectivity index (χ0) is 18.5. The lowest BCUT2D eigenvalue weighted by Gasteiger charge is -2.39. The van der Waals surface area contributed by atoms with E-state index in [1.54, 1.807) is 0 Å². The molecule has 0 aromatic carbocycles. The van der Waals surface area contributed by atoms with Crippen LogP contribution in [0, 0.1) is 0 Å². The zero-order valence-corrected chi connectivity index (χ0v) is 13.8. The second-order valence-corrected chi connectivity index (χ2v) is 6.93. The minimum absolute atomic E-state index is 0.258. The Morgan fingerprint density at radius 2 is 2.00 bits per heavy atom. The molecule has 6 atom stereocenters. The van der Waals surface area contributed by atoms with E-state index in [-0.39, 0.29) is 11.5 Å². The van der Waals surface area contributed by atoms with E-state index in [9.17, 15) is 33.4 Å². The molecule has 0 aliphatic carbocycles. The summed E-state index contributed by atoms with van der Waals surface area (Å²) in [6.07, 6.45) is -6.41. The highest BCUT2D eigenvalue weighted by Gasteiger charge is 2.44. The van der Waals surface area contributed by atoms with Crippen molar-refractivity contribution in [1.82, 2.24) is 0 Å². The largest absolute Gasteiger partial charge is 0.714 e. The van der Waals surface area contributed by atoms with E-state index in [0.717, 1.165) is 6.08 Å². The van der Waals surface area contributed by atoms with Crippen LogP contribution in [0.1, 0.15) is 6.42 Å². The second kappa shape index (κ2) is 9.07. The van der Waals surface area contributed by atoms with Gasteiger partial charge in [0.05, 0.1) is 12.7 Å². The predicted octanol–water partition coefficient (Wildman–Crippen LogP) is -2.75. The molecule has 1 aliphatic rings. The van der Waals surface area contributed by atoms with E-state index in [4.69, 9.17) is 9.84 Å². The third-order valence-electron chi connectivity index (χ3n) is 2.99. The highest BCUT2D eigenvalue weighted by atomic mass is 32.3. The Labute approximate surface area is 142 Å². The third kappa shape index (κ3) is 6.27. The summed E-state index contributed by atoms with van der Waals surface area (Å²) in [6, 6.07) is 0. The SMILES string of the molecule is C=CC(O)C/C(=N\OS(=O)(=O)[O-])SC1OC(CO)C(O)C(O)C1O. The van der Waals surface area contributed by atoms with Gasteiger partial charge in [-0.3, -0.25) is 4.28 Å². The first-order valence-electron chi connectivity index (χ1n) is 6.58. The third-order valence-corrected chi connectivity index (χ3v) is 4.38. The molecule has 11 nitrogen and oxygen atoms in total. The second-order valence-electron chi connectivity index (χ2n) is 4.79. The average Bonchev–Trinajstić information content (AvgIpc) is 2.52. The molecule has 0 spiro atoms. The lowest BCUT2D eigenvalue weighted by Crippen LogP contribution is -2.57. The van der Waals surface area contributed by atoms with Crippen LogP contribution in [0.15, 0.2) is 17.8 Å². The van der Waals surface area contributed by atoms with Gasteiger partial charge in [0.15, 0.2) is 0 Å². The molecule has 0 aromatic rings. The van der Waals surface area contributed by atoms with Crippen molar-refractivity contribution in [1.29, 1.82) is 0 Å². The molecule has 6 unspecified atom stereocenters. The number of oxime groups is 1. The summed E-state index contributed by atoms with van der Waals surface area (Å²) >= 11 is 0.542. The van der Waals surface area contributed by atoms with Crippen LogP contribution in [-0.4, -0.2) is 86.1 Å². The fourth-order valence-corrected chi connectivity index (χ4v) is 3.10. The maximum Gasteiger partial charge on any atom is 0.284 e. The first kappa shape index (κ1) is 21.3. The number of hydrogen-bond acceptors (Lipinski definition) is 12. The first-order chi connectivity index (χ1) is 11.1. The van der Waals surface area contributed by atoms with E-state index in [2.05, 4.69) is 16.0 Å². The van der Waals surface area contributed by atoms with Gasteiger partial charge in [-0.1, -0.05) is 23.0 Å². The summed E-state index contributed by atoms with van der Waals surface area (Å²) in [7, 11) is -5.14. The molecule has 24 heavy (non-hydrogen) atoms. The summed E-state index contributed by atoms with van der Waals surface area (Å²) in [5.41, 5.74) is -1.28. The molecule has 0 aromatic heterocycles. The Hall–Kier alpha value is -0.770.